The lowest BCUT2D eigenvalue weighted by molar-refractivity contribution is -0.0115. The molecule has 3 N–H and O–H groups in total. The number of rotatable bonds is 8. The zero-order valence-electron chi connectivity index (χ0n) is 27.5. The maximum absolute atomic E-state index is 14.3. The number of fused-ring (bicyclic) bond motifs is 1. The van der Waals surface area contributed by atoms with E-state index in [0.29, 0.717) is 24.5 Å². The fourth-order valence-corrected chi connectivity index (χ4v) is 6.43. The molecule has 0 spiro atoms. The number of hydrogen-bond donors (Lipinski definition) is 3. The maximum Gasteiger partial charge on any atom is 0.321 e. The molecule has 0 bridgehead atoms. The van der Waals surface area contributed by atoms with Crippen LogP contribution in [-0.2, 0) is 14.8 Å². The molecular weight excluding hydrogens is 620 g/mol. The van der Waals surface area contributed by atoms with Crippen LogP contribution in [0, 0.1) is 5.92 Å². The zero-order valence-corrected chi connectivity index (χ0v) is 28.3. The van der Waals surface area contributed by atoms with Gasteiger partial charge in [0.2, 0.25) is 0 Å². The molecule has 0 unspecified atom stereocenters. The van der Waals surface area contributed by atoms with Crippen molar-refractivity contribution in [1.29, 1.82) is 0 Å². The summed E-state index contributed by atoms with van der Waals surface area (Å²) in [4.78, 5) is 30.6. The average Bonchev–Trinajstić information content (AvgIpc) is 3.06. The molecule has 1 aliphatic heterocycles. The molecule has 3 amide bonds. The number of para-hydroxylation sites is 1. The highest BCUT2D eigenvalue weighted by Gasteiger charge is 2.31. The highest BCUT2D eigenvalue weighted by atomic mass is 32.2. The molecule has 1 heterocycles. The van der Waals surface area contributed by atoms with Gasteiger partial charge in [-0.1, -0.05) is 43.3 Å². The topological polar surface area (TPSA) is 138 Å². The summed E-state index contributed by atoms with van der Waals surface area (Å²) in [7, 11) is -2.22. The number of benzene rings is 3. The van der Waals surface area contributed by atoms with Gasteiger partial charge in [-0.15, -0.1) is 0 Å². The largest absolute Gasteiger partial charge is 0.490 e. The van der Waals surface area contributed by atoms with Crippen molar-refractivity contribution in [2.45, 2.75) is 63.2 Å². The van der Waals surface area contributed by atoms with E-state index in [0.717, 1.165) is 12.8 Å². The lowest BCUT2D eigenvalue weighted by Crippen LogP contribution is -2.48. The van der Waals surface area contributed by atoms with Crippen molar-refractivity contribution in [2.75, 3.05) is 43.4 Å². The van der Waals surface area contributed by atoms with Crippen LogP contribution in [-0.4, -0.2) is 86.9 Å². The average molecular weight is 667 g/mol. The fraction of sp³-hybridized carbons (Fsp3) is 0.429. The standard InChI is InChI=1S/C35H46N4O7S/c1-25-22-39(26(2)24-40)34(41)31-21-29(37-47(43,44)30-16-9-6-10-17-30)18-19-32(31)46-27(3)13-11-12-20-45-33(25)23-38(4)35(42)36-28-14-7-5-8-15-28/h5-10,14-19,21,25-27,33,37,40H,11-13,20,22-24H2,1-4H3,(H,36,42)/t25-,26+,27-,33-/m1/s1. The number of aliphatic hydroxyl groups is 1. The minimum atomic E-state index is -3.92. The van der Waals surface area contributed by atoms with E-state index >= 15 is 0 Å². The summed E-state index contributed by atoms with van der Waals surface area (Å²) in [6.45, 7) is 6.27. The SMILES string of the molecule is C[C@@H]1CCCCO[C@H](CN(C)C(=O)Nc2ccccc2)[C@H](C)CN([C@@H](C)CO)C(=O)c2cc(NS(=O)(=O)c3ccccc3)ccc2O1. The van der Waals surface area contributed by atoms with Crippen LogP contribution in [0.25, 0.3) is 0 Å². The number of hydrogen-bond acceptors (Lipinski definition) is 7. The third-order valence-electron chi connectivity index (χ3n) is 8.18. The molecule has 0 radical (unpaired) electrons. The summed E-state index contributed by atoms with van der Waals surface area (Å²) in [5.41, 5.74) is 1.06. The van der Waals surface area contributed by atoms with E-state index in [-0.39, 0.29) is 53.9 Å². The second-order valence-electron chi connectivity index (χ2n) is 12.1. The summed E-state index contributed by atoms with van der Waals surface area (Å²) < 4.78 is 41.4. The van der Waals surface area contributed by atoms with E-state index < -0.39 is 28.1 Å². The van der Waals surface area contributed by atoms with Gasteiger partial charge in [0.15, 0.2) is 0 Å². The molecule has 4 rings (SSSR count). The Labute approximate surface area is 277 Å². The van der Waals surface area contributed by atoms with Crippen LogP contribution in [0.4, 0.5) is 16.2 Å². The number of aliphatic hydroxyl groups excluding tert-OH is 1. The highest BCUT2D eigenvalue weighted by Crippen LogP contribution is 2.29. The molecular formula is C35H46N4O7S. The first-order valence-electron chi connectivity index (χ1n) is 16.0. The Kier molecular flexibility index (Phi) is 12.6. The van der Waals surface area contributed by atoms with Crippen molar-refractivity contribution < 1.29 is 32.6 Å². The molecule has 0 saturated carbocycles. The van der Waals surface area contributed by atoms with Crippen molar-refractivity contribution >= 4 is 33.3 Å². The van der Waals surface area contributed by atoms with E-state index in [1.807, 2.05) is 44.2 Å². The number of urea groups is 1. The number of nitrogens with zero attached hydrogens (tertiary/aromatic N) is 2. The van der Waals surface area contributed by atoms with E-state index in [2.05, 4.69) is 10.0 Å². The predicted molar refractivity (Wildman–Crippen MR) is 182 cm³/mol. The summed E-state index contributed by atoms with van der Waals surface area (Å²) in [6.07, 6.45) is 1.65. The molecule has 11 nitrogen and oxygen atoms in total. The normalized spacial score (nSPS) is 20.2. The van der Waals surface area contributed by atoms with Gasteiger partial charge in [-0.3, -0.25) is 9.52 Å². The number of ether oxygens (including phenoxy) is 2. The van der Waals surface area contributed by atoms with Crippen LogP contribution in [0.15, 0.2) is 83.8 Å². The number of nitrogens with one attached hydrogen (secondary N) is 2. The highest BCUT2D eigenvalue weighted by molar-refractivity contribution is 7.92. The smallest absolute Gasteiger partial charge is 0.321 e. The second kappa shape index (κ2) is 16.6. The minimum Gasteiger partial charge on any atom is -0.490 e. The van der Waals surface area contributed by atoms with E-state index in [4.69, 9.17) is 9.47 Å². The number of carbonyl (C=O) groups is 2. The summed E-state index contributed by atoms with van der Waals surface area (Å²) in [5.74, 6) is -0.339. The maximum atomic E-state index is 14.3. The Morgan fingerprint density at radius 1 is 1.02 bits per heavy atom. The Hall–Kier alpha value is -4.13. The van der Waals surface area contributed by atoms with Gasteiger partial charge in [-0.05, 0) is 75.6 Å². The number of anilines is 2. The second-order valence-corrected chi connectivity index (χ2v) is 13.8. The van der Waals surface area contributed by atoms with Gasteiger partial charge in [0, 0.05) is 44.0 Å². The Morgan fingerprint density at radius 3 is 2.38 bits per heavy atom. The first kappa shape index (κ1) is 35.7. The Balaban J connectivity index is 1.63. The van der Waals surface area contributed by atoms with Crippen LogP contribution in [0.5, 0.6) is 5.75 Å². The van der Waals surface area contributed by atoms with Crippen LogP contribution >= 0.6 is 0 Å². The van der Waals surface area contributed by atoms with Gasteiger partial charge in [0.05, 0.1) is 35.3 Å². The molecule has 1 aliphatic rings. The monoisotopic (exact) mass is 666 g/mol. The van der Waals surface area contributed by atoms with Crippen LogP contribution in [0.3, 0.4) is 0 Å². The molecule has 47 heavy (non-hydrogen) atoms. The molecule has 3 aromatic rings. The molecule has 4 atom stereocenters. The summed E-state index contributed by atoms with van der Waals surface area (Å²) in [6, 6.07) is 21.0. The number of likely N-dealkylation sites (N-methyl/N-ethyl adjacent to an activating group) is 1. The lowest BCUT2D eigenvalue weighted by Gasteiger charge is -2.35. The van der Waals surface area contributed by atoms with Gasteiger partial charge < -0.3 is 29.7 Å². The summed E-state index contributed by atoms with van der Waals surface area (Å²) >= 11 is 0. The van der Waals surface area contributed by atoms with E-state index in [9.17, 15) is 23.1 Å². The van der Waals surface area contributed by atoms with Gasteiger partial charge in [0.25, 0.3) is 15.9 Å². The van der Waals surface area contributed by atoms with Crippen molar-refractivity contribution in [3.8, 4) is 5.75 Å². The van der Waals surface area contributed by atoms with Crippen molar-refractivity contribution in [3.05, 3.63) is 84.4 Å². The number of carbonyl (C=O) groups excluding carboxylic acids is 2. The molecule has 0 aromatic heterocycles. The van der Waals surface area contributed by atoms with Crippen molar-refractivity contribution in [3.63, 3.8) is 0 Å². The third-order valence-corrected chi connectivity index (χ3v) is 9.58. The number of amides is 3. The van der Waals surface area contributed by atoms with Gasteiger partial charge >= 0.3 is 6.03 Å². The van der Waals surface area contributed by atoms with E-state index in [1.165, 1.54) is 18.2 Å². The van der Waals surface area contributed by atoms with Gasteiger partial charge in [-0.2, -0.15) is 0 Å². The van der Waals surface area contributed by atoms with Crippen molar-refractivity contribution in [1.82, 2.24) is 9.80 Å². The molecule has 3 aromatic carbocycles. The number of sulfonamides is 1. The molecule has 254 valence electrons. The third kappa shape index (κ3) is 9.93. The zero-order chi connectivity index (χ0) is 34.0. The fourth-order valence-electron chi connectivity index (χ4n) is 5.36. The van der Waals surface area contributed by atoms with E-state index in [1.54, 1.807) is 54.1 Å². The van der Waals surface area contributed by atoms with Crippen LogP contribution in [0.2, 0.25) is 0 Å². The Bertz CT molecular complexity index is 1570. The molecule has 0 saturated heterocycles. The lowest BCUT2D eigenvalue weighted by atomic mass is 10.0. The first-order valence-corrected chi connectivity index (χ1v) is 17.5. The van der Waals surface area contributed by atoms with Crippen LogP contribution in [0.1, 0.15) is 50.4 Å². The molecule has 0 aliphatic carbocycles. The Morgan fingerprint density at radius 2 is 1.70 bits per heavy atom. The van der Waals surface area contributed by atoms with Gasteiger partial charge in [-0.25, -0.2) is 13.2 Å². The summed E-state index contributed by atoms with van der Waals surface area (Å²) in [5, 5.41) is 13.1. The van der Waals surface area contributed by atoms with Gasteiger partial charge in [0.1, 0.15) is 5.75 Å². The first-order chi connectivity index (χ1) is 22.5. The predicted octanol–water partition coefficient (Wildman–Crippen LogP) is 5.45. The minimum absolute atomic E-state index is 0.0918. The quantitative estimate of drug-likeness (QED) is 0.291. The molecule has 12 heteroatoms. The van der Waals surface area contributed by atoms with Crippen LogP contribution < -0.4 is 14.8 Å². The molecule has 0 fully saturated rings. The van der Waals surface area contributed by atoms with Crippen molar-refractivity contribution in [2.24, 2.45) is 5.92 Å².